The topological polar surface area (TPSA) is 185 Å². The number of nitrogens with two attached hydrogens (primary N) is 1. The average Bonchev–Trinajstić information content (AvgIpc) is 2.75. The maximum absolute atomic E-state index is 13.5. The standard InChI is InChI=1S/C24H23N3O7/c1-27(2)18-13-9-11-8-12-10(4-3-7-25)5-6-14(28)16(12)19(29)15(11)21(31)24(13,34)22(32)17(20(18)30)23(26)33/h3-6,11,13,18,28,30-31,34H,8-9H2,1-2H3,(H2,26,33)/b4-3+/t11-,13-,18-,24+/m0/s1. The number of nitriles is 1. The number of hydrogen-bond donors (Lipinski definition) is 5. The molecule has 0 bridgehead atoms. The number of likely N-dealkylation sites (N-methyl/N-ethyl adjacent to an activating group) is 1. The molecule has 0 aromatic heterocycles. The molecule has 34 heavy (non-hydrogen) atoms. The average molecular weight is 465 g/mol. The maximum atomic E-state index is 13.5. The fourth-order valence-corrected chi connectivity index (χ4v) is 5.56. The van der Waals surface area contributed by atoms with Crippen molar-refractivity contribution in [3.8, 4) is 11.8 Å². The summed E-state index contributed by atoms with van der Waals surface area (Å²) in [5.74, 6) is -6.95. The molecular formula is C24H23N3O7. The summed E-state index contributed by atoms with van der Waals surface area (Å²) in [7, 11) is 3.13. The SMILES string of the molecule is CN(C)[C@@H]1C(O)=C(C(N)=O)C(=O)[C@]2(O)C(O)=C3C(=O)c4c(O)ccc(/C=C/C#N)c4C[C@H]3C[C@@H]12. The molecule has 10 heteroatoms. The molecule has 0 aliphatic heterocycles. The Balaban J connectivity index is 1.97. The van der Waals surface area contributed by atoms with Crippen molar-refractivity contribution in [2.45, 2.75) is 24.5 Å². The molecule has 0 unspecified atom stereocenters. The van der Waals surface area contributed by atoms with Crippen molar-refractivity contribution in [1.29, 1.82) is 5.26 Å². The fourth-order valence-electron chi connectivity index (χ4n) is 5.56. The summed E-state index contributed by atoms with van der Waals surface area (Å²) in [6.07, 6.45) is 2.90. The smallest absolute Gasteiger partial charge is 0.255 e. The Hall–Kier alpha value is -3.94. The molecule has 0 saturated carbocycles. The van der Waals surface area contributed by atoms with Crippen LogP contribution in [0.5, 0.6) is 5.75 Å². The van der Waals surface area contributed by atoms with Gasteiger partial charge in [0.1, 0.15) is 22.8 Å². The molecule has 6 N–H and O–H groups in total. The van der Waals surface area contributed by atoms with Crippen molar-refractivity contribution in [3.05, 3.63) is 57.6 Å². The lowest BCUT2D eigenvalue weighted by Crippen LogP contribution is -2.63. The monoisotopic (exact) mass is 465 g/mol. The molecule has 1 aromatic rings. The van der Waals surface area contributed by atoms with Gasteiger partial charge in [-0.3, -0.25) is 19.3 Å². The van der Waals surface area contributed by atoms with Crippen LogP contribution in [0.2, 0.25) is 0 Å². The van der Waals surface area contributed by atoms with Gasteiger partial charge in [0.15, 0.2) is 11.4 Å². The molecule has 0 saturated heterocycles. The number of amides is 1. The van der Waals surface area contributed by atoms with E-state index in [1.165, 1.54) is 23.1 Å². The molecule has 3 aliphatic carbocycles. The summed E-state index contributed by atoms with van der Waals surface area (Å²) in [5, 5.41) is 52.8. The van der Waals surface area contributed by atoms with Crippen molar-refractivity contribution in [3.63, 3.8) is 0 Å². The lowest BCUT2D eigenvalue weighted by Gasteiger charge is -2.50. The number of carbonyl (C=O) groups excluding carboxylic acids is 3. The molecule has 0 heterocycles. The number of aromatic hydroxyl groups is 1. The number of aliphatic hydroxyl groups excluding tert-OH is 2. The van der Waals surface area contributed by atoms with Crippen molar-refractivity contribution in [1.82, 2.24) is 4.90 Å². The molecule has 0 spiro atoms. The lowest BCUT2D eigenvalue weighted by molar-refractivity contribution is -0.148. The molecule has 1 amide bonds. The summed E-state index contributed by atoms with van der Waals surface area (Å²) in [5.41, 5.74) is 2.46. The summed E-state index contributed by atoms with van der Waals surface area (Å²) in [6.45, 7) is 0. The Bertz CT molecular complexity index is 1280. The Labute approximate surface area is 194 Å². The van der Waals surface area contributed by atoms with E-state index in [0.29, 0.717) is 11.1 Å². The number of phenols is 1. The van der Waals surface area contributed by atoms with Gasteiger partial charge >= 0.3 is 0 Å². The zero-order chi connectivity index (χ0) is 25.1. The Kier molecular flexibility index (Phi) is 5.35. The highest BCUT2D eigenvalue weighted by Crippen LogP contribution is 2.52. The number of primary amides is 1. The van der Waals surface area contributed by atoms with Gasteiger partial charge in [-0.05, 0) is 56.1 Å². The second-order valence-electron chi connectivity index (χ2n) is 8.95. The van der Waals surface area contributed by atoms with E-state index in [-0.39, 0.29) is 29.7 Å². The minimum Gasteiger partial charge on any atom is -0.510 e. The van der Waals surface area contributed by atoms with Crippen molar-refractivity contribution >= 4 is 23.5 Å². The molecule has 1 aromatic carbocycles. The molecular weight excluding hydrogens is 442 g/mol. The summed E-state index contributed by atoms with van der Waals surface area (Å²) < 4.78 is 0. The minimum atomic E-state index is -2.67. The first kappa shape index (κ1) is 23.2. The van der Waals surface area contributed by atoms with Gasteiger partial charge in [0, 0.05) is 17.6 Å². The van der Waals surface area contributed by atoms with E-state index in [1.54, 1.807) is 20.2 Å². The van der Waals surface area contributed by atoms with Gasteiger partial charge in [-0.1, -0.05) is 6.07 Å². The van der Waals surface area contributed by atoms with Crippen LogP contribution >= 0.6 is 0 Å². The third kappa shape index (κ3) is 2.98. The van der Waals surface area contributed by atoms with E-state index in [1.807, 2.05) is 6.07 Å². The van der Waals surface area contributed by atoms with Crippen LogP contribution in [-0.2, 0) is 16.0 Å². The Morgan fingerprint density at radius 1 is 1.26 bits per heavy atom. The van der Waals surface area contributed by atoms with Gasteiger partial charge in [-0.15, -0.1) is 0 Å². The summed E-state index contributed by atoms with van der Waals surface area (Å²) >= 11 is 0. The van der Waals surface area contributed by atoms with Crippen LogP contribution in [0.4, 0.5) is 0 Å². The zero-order valence-electron chi connectivity index (χ0n) is 18.4. The largest absolute Gasteiger partial charge is 0.510 e. The number of Topliss-reactive ketones (excluding diaryl/α,β-unsaturated/α-hetero) is 2. The van der Waals surface area contributed by atoms with Gasteiger partial charge in [-0.25, -0.2) is 0 Å². The number of nitrogens with zero attached hydrogens (tertiary/aromatic N) is 2. The number of allylic oxidation sites excluding steroid dienone is 2. The van der Waals surface area contributed by atoms with E-state index in [9.17, 15) is 34.8 Å². The molecule has 3 aliphatic rings. The Morgan fingerprint density at radius 2 is 1.94 bits per heavy atom. The first-order chi connectivity index (χ1) is 16.0. The lowest BCUT2D eigenvalue weighted by atomic mass is 9.58. The Morgan fingerprint density at radius 3 is 2.53 bits per heavy atom. The molecule has 4 rings (SSSR count). The number of benzene rings is 1. The number of ketones is 2. The molecule has 10 nitrogen and oxygen atoms in total. The van der Waals surface area contributed by atoms with E-state index >= 15 is 0 Å². The van der Waals surface area contributed by atoms with Gasteiger partial charge in [0.2, 0.25) is 5.78 Å². The number of phenolic OH excluding ortho intramolecular Hbond substituents is 1. The third-order valence-corrected chi connectivity index (χ3v) is 6.98. The second kappa shape index (κ2) is 7.83. The number of hydrogen-bond acceptors (Lipinski definition) is 9. The van der Waals surface area contributed by atoms with Crippen LogP contribution in [0.3, 0.4) is 0 Å². The van der Waals surface area contributed by atoms with Crippen molar-refractivity contribution in [2.75, 3.05) is 14.1 Å². The predicted octanol–water partition coefficient (Wildman–Crippen LogP) is 0.657. The molecule has 176 valence electrons. The first-order valence-corrected chi connectivity index (χ1v) is 10.5. The van der Waals surface area contributed by atoms with Crippen molar-refractivity contribution < 1.29 is 34.8 Å². The summed E-state index contributed by atoms with van der Waals surface area (Å²) in [6, 6.07) is 3.67. The highest BCUT2D eigenvalue weighted by atomic mass is 16.3. The maximum Gasteiger partial charge on any atom is 0.255 e. The van der Waals surface area contributed by atoms with Crippen LogP contribution in [0, 0.1) is 23.2 Å². The third-order valence-electron chi connectivity index (χ3n) is 6.98. The van der Waals surface area contributed by atoms with Crippen molar-refractivity contribution in [2.24, 2.45) is 17.6 Å². The van der Waals surface area contributed by atoms with E-state index < -0.39 is 58.0 Å². The molecule has 0 radical (unpaired) electrons. The normalized spacial score (nSPS) is 28.6. The van der Waals surface area contributed by atoms with Crippen LogP contribution < -0.4 is 5.73 Å². The fraction of sp³-hybridized carbons (Fsp3) is 0.333. The predicted molar refractivity (Wildman–Crippen MR) is 118 cm³/mol. The number of carbonyl (C=O) groups is 3. The highest BCUT2D eigenvalue weighted by molar-refractivity contribution is 6.24. The van der Waals surface area contributed by atoms with Crippen LogP contribution in [0.25, 0.3) is 6.08 Å². The van der Waals surface area contributed by atoms with Gasteiger partial charge in [0.05, 0.1) is 17.7 Å². The van der Waals surface area contributed by atoms with Crippen LogP contribution in [-0.4, -0.2) is 68.5 Å². The summed E-state index contributed by atoms with van der Waals surface area (Å²) in [4.78, 5) is 40.1. The number of rotatable bonds is 3. The number of aliphatic hydroxyl groups is 3. The van der Waals surface area contributed by atoms with Crippen LogP contribution in [0.15, 0.2) is 40.9 Å². The zero-order valence-corrected chi connectivity index (χ0v) is 18.4. The van der Waals surface area contributed by atoms with E-state index in [0.717, 1.165) is 0 Å². The van der Waals surface area contributed by atoms with Crippen LogP contribution in [0.1, 0.15) is 27.9 Å². The quantitative estimate of drug-likeness (QED) is 0.316. The van der Waals surface area contributed by atoms with Gasteiger partial charge < -0.3 is 26.2 Å². The molecule has 0 fully saturated rings. The first-order valence-electron chi connectivity index (χ1n) is 10.5. The van der Waals surface area contributed by atoms with E-state index in [4.69, 9.17) is 11.0 Å². The van der Waals surface area contributed by atoms with E-state index in [2.05, 4.69) is 0 Å². The number of fused-ring (bicyclic) bond motifs is 3. The highest BCUT2D eigenvalue weighted by Gasteiger charge is 2.63. The molecule has 4 atom stereocenters. The second-order valence-corrected chi connectivity index (χ2v) is 8.95. The minimum absolute atomic E-state index is 0.00280. The van der Waals surface area contributed by atoms with Gasteiger partial charge in [-0.2, -0.15) is 5.26 Å². The van der Waals surface area contributed by atoms with Gasteiger partial charge in [0.25, 0.3) is 5.91 Å².